The van der Waals surface area contributed by atoms with Crippen molar-refractivity contribution in [3.05, 3.63) is 0 Å². The molecule has 8 heavy (non-hydrogen) atoms. The molecule has 0 fully saturated rings. The molecule has 1 aliphatic rings. The predicted octanol–water partition coefficient (Wildman–Crippen LogP) is 0.391. The van der Waals surface area contributed by atoms with Crippen LogP contribution in [-0.2, 0) is 0 Å². The normalized spacial score (nSPS) is 31.0. The van der Waals surface area contributed by atoms with E-state index in [1.807, 2.05) is 6.21 Å². The second kappa shape index (κ2) is 2.27. The van der Waals surface area contributed by atoms with E-state index in [9.17, 15) is 0 Å². The van der Waals surface area contributed by atoms with E-state index in [1.54, 1.807) is 0 Å². The first-order chi connectivity index (χ1) is 3.79. The van der Waals surface area contributed by atoms with Crippen molar-refractivity contribution in [2.24, 2.45) is 4.99 Å². The highest BCUT2D eigenvalue weighted by Gasteiger charge is 2.06. The Labute approximate surface area is 50.2 Å². The molecule has 0 aromatic rings. The van der Waals surface area contributed by atoms with Crippen LogP contribution in [0.1, 0.15) is 6.92 Å². The Balaban J connectivity index is 2.42. The van der Waals surface area contributed by atoms with Crippen LogP contribution in [0.5, 0.6) is 0 Å². The Hall–Kier alpha value is -0.370. The minimum atomic E-state index is 0.508. The molecule has 0 saturated heterocycles. The first-order valence-corrected chi connectivity index (χ1v) is 2.99. The molecule has 1 rings (SSSR count). The van der Waals surface area contributed by atoms with Crippen LogP contribution in [0.4, 0.5) is 0 Å². The fraction of sp³-hybridized carbons (Fsp3) is 0.833. The van der Waals surface area contributed by atoms with Gasteiger partial charge in [-0.1, -0.05) is 0 Å². The molecule has 0 N–H and O–H groups in total. The first-order valence-electron chi connectivity index (χ1n) is 2.99. The Morgan fingerprint density at radius 3 is 2.88 bits per heavy atom. The summed E-state index contributed by atoms with van der Waals surface area (Å²) in [6.45, 7) is 4.26. The van der Waals surface area contributed by atoms with E-state index >= 15 is 0 Å². The molecule has 1 unspecified atom stereocenters. The average Bonchev–Trinajstić information content (AvgIpc) is 1.64. The van der Waals surface area contributed by atoms with E-state index in [1.165, 1.54) is 0 Å². The van der Waals surface area contributed by atoms with Gasteiger partial charge in [0.05, 0.1) is 6.04 Å². The molecule has 1 atom stereocenters. The molecule has 46 valence electrons. The number of rotatable bonds is 0. The second-order valence-electron chi connectivity index (χ2n) is 2.40. The maximum Gasteiger partial charge on any atom is 0.0595 e. The van der Waals surface area contributed by atoms with Crippen LogP contribution < -0.4 is 0 Å². The molecular formula is C6H12N2. The largest absolute Gasteiger partial charge is 0.299 e. The van der Waals surface area contributed by atoms with Gasteiger partial charge >= 0.3 is 0 Å². The van der Waals surface area contributed by atoms with Crippen LogP contribution in [0.15, 0.2) is 4.99 Å². The SMILES string of the molecule is CC1CN(C)CC=N1. The van der Waals surface area contributed by atoms with Crippen molar-refractivity contribution in [1.29, 1.82) is 0 Å². The number of nitrogens with zero attached hydrogens (tertiary/aromatic N) is 2. The van der Waals surface area contributed by atoms with Crippen molar-refractivity contribution in [2.75, 3.05) is 20.1 Å². The van der Waals surface area contributed by atoms with Gasteiger partial charge < -0.3 is 0 Å². The molecule has 2 heteroatoms. The number of likely N-dealkylation sites (N-methyl/N-ethyl adjacent to an activating group) is 1. The summed E-state index contributed by atoms with van der Waals surface area (Å²) in [4.78, 5) is 6.48. The third-order valence-electron chi connectivity index (χ3n) is 1.33. The zero-order valence-electron chi connectivity index (χ0n) is 5.46. The molecule has 0 aromatic heterocycles. The van der Waals surface area contributed by atoms with Gasteiger partial charge in [-0.2, -0.15) is 0 Å². The highest BCUT2D eigenvalue weighted by molar-refractivity contribution is 5.60. The summed E-state index contributed by atoms with van der Waals surface area (Å²) >= 11 is 0. The van der Waals surface area contributed by atoms with E-state index < -0.39 is 0 Å². The molecule has 0 aromatic carbocycles. The average molecular weight is 112 g/mol. The van der Waals surface area contributed by atoms with Crippen molar-refractivity contribution < 1.29 is 0 Å². The van der Waals surface area contributed by atoms with Gasteiger partial charge in [-0.05, 0) is 14.0 Å². The van der Waals surface area contributed by atoms with Gasteiger partial charge in [0.25, 0.3) is 0 Å². The summed E-state index contributed by atoms with van der Waals surface area (Å²) < 4.78 is 0. The Morgan fingerprint density at radius 1 is 1.75 bits per heavy atom. The van der Waals surface area contributed by atoms with E-state index in [-0.39, 0.29) is 0 Å². The van der Waals surface area contributed by atoms with Crippen molar-refractivity contribution in [3.63, 3.8) is 0 Å². The van der Waals surface area contributed by atoms with Crippen molar-refractivity contribution in [3.8, 4) is 0 Å². The topological polar surface area (TPSA) is 15.6 Å². The smallest absolute Gasteiger partial charge is 0.0595 e. The Kier molecular flexibility index (Phi) is 1.63. The highest BCUT2D eigenvalue weighted by Crippen LogP contribution is 1.96. The number of aliphatic imine (C=N–C) groups is 1. The maximum absolute atomic E-state index is 4.21. The minimum Gasteiger partial charge on any atom is -0.299 e. The Bertz CT molecular complexity index is 98.7. The zero-order valence-corrected chi connectivity index (χ0v) is 5.46. The van der Waals surface area contributed by atoms with Crippen molar-refractivity contribution in [1.82, 2.24) is 4.90 Å². The maximum atomic E-state index is 4.21. The van der Waals surface area contributed by atoms with Gasteiger partial charge in [-0.3, -0.25) is 9.89 Å². The van der Waals surface area contributed by atoms with Crippen LogP contribution in [0, 0.1) is 0 Å². The summed E-state index contributed by atoms with van der Waals surface area (Å²) in [5, 5.41) is 0. The lowest BCUT2D eigenvalue weighted by molar-refractivity contribution is 0.347. The van der Waals surface area contributed by atoms with E-state index in [4.69, 9.17) is 0 Å². The molecule has 0 radical (unpaired) electrons. The van der Waals surface area contributed by atoms with E-state index in [2.05, 4.69) is 23.9 Å². The summed E-state index contributed by atoms with van der Waals surface area (Å²) in [5.41, 5.74) is 0. The van der Waals surface area contributed by atoms with Gasteiger partial charge in [0.2, 0.25) is 0 Å². The fourth-order valence-electron chi connectivity index (χ4n) is 0.939. The standard InChI is InChI=1S/C6H12N2/c1-6-5-8(2)4-3-7-6/h3,6H,4-5H2,1-2H3. The molecule has 0 bridgehead atoms. The van der Waals surface area contributed by atoms with Crippen LogP contribution in [-0.4, -0.2) is 37.3 Å². The number of hydrogen-bond acceptors (Lipinski definition) is 2. The summed E-state index contributed by atoms with van der Waals surface area (Å²) in [6, 6.07) is 0.508. The predicted molar refractivity (Wildman–Crippen MR) is 35.5 cm³/mol. The van der Waals surface area contributed by atoms with Gasteiger partial charge in [-0.25, -0.2) is 0 Å². The monoisotopic (exact) mass is 112 g/mol. The molecule has 0 amide bonds. The lowest BCUT2D eigenvalue weighted by atomic mass is 10.3. The Morgan fingerprint density at radius 2 is 2.50 bits per heavy atom. The van der Waals surface area contributed by atoms with Gasteiger partial charge in [0.1, 0.15) is 0 Å². The summed E-state index contributed by atoms with van der Waals surface area (Å²) in [6.07, 6.45) is 1.98. The quantitative estimate of drug-likeness (QED) is 0.442. The zero-order chi connectivity index (χ0) is 5.98. The van der Waals surface area contributed by atoms with Gasteiger partial charge in [0, 0.05) is 19.3 Å². The third-order valence-corrected chi connectivity index (χ3v) is 1.33. The molecular weight excluding hydrogens is 100 g/mol. The minimum absolute atomic E-state index is 0.508. The lowest BCUT2D eigenvalue weighted by Gasteiger charge is -2.20. The van der Waals surface area contributed by atoms with Crippen LogP contribution in [0.2, 0.25) is 0 Å². The van der Waals surface area contributed by atoms with Gasteiger partial charge in [0.15, 0.2) is 0 Å². The van der Waals surface area contributed by atoms with Crippen LogP contribution in [0.25, 0.3) is 0 Å². The van der Waals surface area contributed by atoms with Crippen molar-refractivity contribution >= 4 is 6.21 Å². The van der Waals surface area contributed by atoms with Gasteiger partial charge in [-0.15, -0.1) is 0 Å². The second-order valence-corrected chi connectivity index (χ2v) is 2.40. The molecule has 0 spiro atoms. The number of hydrogen-bond donors (Lipinski definition) is 0. The third kappa shape index (κ3) is 1.30. The van der Waals surface area contributed by atoms with Crippen LogP contribution in [0.3, 0.4) is 0 Å². The highest BCUT2D eigenvalue weighted by atomic mass is 15.1. The lowest BCUT2D eigenvalue weighted by Crippen LogP contribution is -2.32. The van der Waals surface area contributed by atoms with Crippen LogP contribution >= 0.6 is 0 Å². The molecule has 1 heterocycles. The van der Waals surface area contributed by atoms with E-state index in [0.29, 0.717) is 6.04 Å². The first kappa shape index (κ1) is 5.76. The molecule has 2 nitrogen and oxygen atoms in total. The fourth-order valence-corrected chi connectivity index (χ4v) is 0.939. The summed E-state index contributed by atoms with van der Waals surface area (Å²) in [7, 11) is 2.11. The molecule has 1 aliphatic heterocycles. The summed E-state index contributed by atoms with van der Waals surface area (Å²) in [5.74, 6) is 0. The van der Waals surface area contributed by atoms with E-state index in [0.717, 1.165) is 13.1 Å². The molecule has 0 saturated carbocycles. The van der Waals surface area contributed by atoms with Crippen molar-refractivity contribution in [2.45, 2.75) is 13.0 Å². The molecule has 0 aliphatic carbocycles.